The molecule has 6 nitrogen and oxygen atoms in total. The third kappa shape index (κ3) is 6.61. The molecule has 2 aromatic carbocycles. The number of nitrogens with zero attached hydrogens (tertiary/aromatic N) is 1. The summed E-state index contributed by atoms with van der Waals surface area (Å²) in [4.78, 5) is 26.1. The van der Waals surface area contributed by atoms with Crippen LogP contribution in [0.15, 0.2) is 48.5 Å². The minimum Gasteiger partial charge on any atom is -0.493 e. The lowest BCUT2D eigenvalue weighted by atomic mass is 10.2. The molecular weight excluding hydrogens is 358 g/mol. The largest absolute Gasteiger partial charge is 0.493 e. The van der Waals surface area contributed by atoms with Gasteiger partial charge >= 0.3 is 5.97 Å². The van der Waals surface area contributed by atoms with E-state index in [1.807, 2.05) is 49.4 Å². The van der Waals surface area contributed by atoms with Gasteiger partial charge in [0.25, 0.3) is 5.91 Å². The van der Waals surface area contributed by atoms with E-state index >= 15 is 0 Å². The van der Waals surface area contributed by atoms with E-state index in [0.717, 1.165) is 11.1 Å². The van der Waals surface area contributed by atoms with E-state index in [1.165, 1.54) is 0 Å². The number of carbonyl (C=O) groups is 2. The molecule has 1 amide bonds. The summed E-state index contributed by atoms with van der Waals surface area (Å²) in [5, 5.41) is 0. The van der Waals surface area contributed by atoms with Gasteiger partial charge in [0.1, 0.15) is 0 Å². The lowest BCUT2D eigenvalue weighted by Crippen LogP contribution is -2.36. The van der Waals surface area contributed by atoms with Gasteiger partial charge in [-0.3, -0.25) is 9.59 Å². The van der Waals surface area contributed by atoms with Crippen molar-refractivity contribution in [1.29, 1.82) is 0 Å². The van der Waals surface area contributed by atoms with E-state index in [0.29, 0.717) is 24.7 Å². The number of hydrogen-bond acceptors (Lipinski definition) is 5. The summed E-state index contributed by atoms with van der Waals surface area (Å²) in [6.45, 7) is 4.55. The molecule has 0 fully saturated rings. The van der Waals surface area contributed by atoms with Crippen LogP contribution in [0.25, 0.3) is 0 Å². The third-order valence-electron chi connectivity index (χ3n) is 4.13. The summed E-state index contributed by atoms with van der Waals surface area (Å²) >= 11 is 0. The van der Waals surface area contributed by atoms with Crippen molar-refractivity contribution in [3.8, 4) is 11.5 Å². The van der Waals surface area contributed by atoms with Crippen molar-refractivity contribution >= 4 is 11.9 Å². The molecular formula is C22H27NO5. The van der Waals surface area contributed by atoms with Crippen LogP contribution in [0.5, 0.6) is 11.5 Å². The van der Waals surface area contributed by atoms with Crippen molar-refractivity contribution in [1.82, 2.24) is 4.90 Å². The molecule has 0 saturated carbocycles. The van der Waals surface area contributed by atoms with Crippen molar-refractivity contribution in [3.05, 3.63) is 59.7 Å². The van der Waals surface area contributed by atoms with E-state index in [4.69, 9.17) is 14.2 Å². The number of hydrogen-bond donors (Lipinski definition) is 0. The quantitative estimate of drug-likeness (QED) is 0.587. The SMILES string of the molecule is CCOC(=O)CCN(Cc1ccccc1)C(=O)COc1ccc(C)cc1OC. The Morgan fingerprint density at radius 2 is 1.79 bits per heavy atom. The van der Waals surface area contributed by atoms with Crippen LogP contribution >= 0.6 is 0 Å². The maximum atomic E-state index is 12.8. The summed E-state index contributed by atoms with van der Waals surface area (Å²) < 4.78 is 16.0. The molecule has 28 heavy (non-hydrogen) atoms. The zero-order valence-corrected chi connectivity index (χ0v) is 16.6. The third-order valence-corrected chi connectivity index (χ3v) is 4.13. The van der Waals surface area contributed by atoms with Gasteiger partial charge in [-0.05, 0) is 37.1 Å². The molecule has 150 valence electrons. The predicted molar refractivity (Wildman–Crippen MR) is 106 cm³/mol. The molecule has 6 heteroatoms. The van der Waals surface area contributed by atoms with Crippen LogP contribution in [0, 0.1) is 6.92 Å². The van der Waals surface area contributed by atoms with Gasteiger partial charge in [-0.15, -0.1) is 0 Å². The van der Waals surface area contributed by atoms with Gasteiger partial charge in [-0.1, -0.05) is 36.4 Å². The topological polar surface area (TPSA) is 65.1 Å². The average molecular weight is 385 g/mol. The fraction of sp³-hybridized carbons (Fsp3) is 0.364. The number of esters is 1. The molecule has 0 aromatic heterocycles. The number of methoxy groups -OCH3 is 1. The van der Waals surface area contributed by atoms with Crippen LogP contribution in [-0.2, 0) is 20.9 Å². The molecule has 2 aromatic rings. The van der Waals surface area contributed by atoms with Gasteiger partial charge in [0.05, 0.1) is 20.1 Å². The number of carbonyl (C=O) groups excluding carboxylic acids is 2. The molecule has 0 N–H and O–H groups in total. The lowest BCUT2D eigenvalue weighted by molar-refractivity contribution is -0.144. The van der Waals surface area contributed by atoms with Crippen molar-refractivity contribution < 1.29 is 23.8 Å². The minimum absolute atomic E-state index is 0.139. The minimum atomic E-state index is -0.325. The number of benzene rings is 2. The molecule has 0 aliphatic heterocycles. The first-order chi connectivity index (χ1) is 13.5. The van der Waals surface area contributed by atoms with E-state index < -0.39 is 0 Å². The Hall–Kier alpha value is -3.02. The fourth-order valence-corrected chi connectivity index (χ4v) is 2.68. The van der Waals surface area contributed by atoms with Crippen molar-refractivity contribution in [2.24, 2.45) is 0 Å². The lowest BCUT2D eigenvalue weighted by Gasteiger charge is -2.23. The predicted octanol–water partition coefficient (Wildman–Crippen LogP) is 3.36. The monoisotopic (exact) mass is 385 g/mol. The van der Waals surface area contributed by atoms with Gasteiger partial charge in [0.2, 0.25) is 0 Å². The van der Waals surface area contributed by atoms with Gasteiger partial charge in [-0.25, -0.2) is 0 Å². The first-order valence-corrected chi connectivity index (χ1v) is 9.28. The van der Waals surface area contributed by atoms with Gasteiger partial charge in [-0.2, -0.15) is 0 Å². The standard InChI is InChI=1S/C22H27NO5/c1-4-27-22(25)12-13-23(15-18-8-6-5-7-9-18)21(24)16-28-19-11-10-17(2)14-20(19)26-3/h5-11,14H,4,12-13,15-16H2,1-3H3. The molecule has 0 aliphatic rings. The molecule has 0 unspecified atom stereocenters. The molecule has 0 radical (unpaired) electrons. The molecule has 0 spiro atoms. The Morgan fingerprint density at radius 3 is 2.46 bits per heavy atom. The van der Waals surface area contributed by atoms with Gasteiger partial charge < -0.3 is 19.1 Å². The van der Waals surface area contributed by atoms with Crippen LogP contribution in [-0.4, -0.2) is 43.6 Å². The molecule has 0 heterocycles. The number of amides is 1. The zero-order valence-electron chi connectivity index (χ0n) is 16.6. The van der Waals surface area contributed by atoms with Crippen LogP contribution in [0.2, 0.25) is 0 Å². The number of aryl methyl sites for hydroxylation is 1. The summed E-state index contributed by atoms with van der Waals surface area (Å²) in [7, 11) is 1.56. The van der Waals surface area contributed by atoms with E-state index in [2.05, 4.69) is 0 Å². The fourth-order valence-electron chi connectivity index (χ4n) is 2.68. The first kappa shape index (κ1) is 21.3. The highest BCUT2D eigenvalue weighted by Crippen LogP contribution is 2.27. The molecule has 0 saturated heterocycles. The summed E-state index contributed by atoms with van der Waals surface area (Å²) in [6, 6.07) is 15.1. The summed E-state index contributed by atoms with van der Waals surface area (Å²) in [5.74, 6) is 0.547. The van der Waals surface area contributed by atoms with Gasteiger partial charge in [0.15, 0.2) is 18.1 Å². The Bertz CT molecular complexity index is 776. The van der Waals surface area contributed by atoms with Crippen LogP contribution in [0.3, 0.4) is 0 Å². The molecule has 0 atom stereocenters. The van der Waals surface area contributed by atoms with E-state index in [1.54, 1.807) is 25.0 Å². The van der Waals surface area contributed by atoms with Crippen molar-refractivity contribution in [2.75, 3.05) is 26.9 Å². The maximum absolute atomic E-state index is 12.8. The summed E-state index contributed by atoms with van der Waals surface area (Å²) in [6.07, 6.45) is 0.139. The molecule has 0 aliphatic carbocycles. The highest BCUT2D eigenvalue weighted by Gasteiger charge is 2.17. The van der Waals surface area contributed by atoms with Crippen LogP contribution < -0.4 is 9.47 Å². The first-order valence-electron chi connectivity index (χ1n) is 9.28. The maximum Gasteiger partial charge on any atom is 0.307 e. The Kier molecular flexibility index (Phi) is 8.34. The zero-order chi connectivity index (χ0) is 20.4. The normalized spacial score (nSPS) is 10.2. The average Bonchev–Trinajstić information content (AvgIpc) is 2.70. The van der Waals surface area contributed by atoms with Crippen LogP contribution in [0.1, 0.15) is 24.5 Å². The number of rotatable bonds is 10. The van der Waals surface area contributed by atoms with Gasteiger partial charge in [0, 0.05) is 13.1 Å². The second kappa shape index (κ2) is 11.0. The van der Waals surface area contributed by atoms with Crippen LogP contribution in [0.4, 0.5) is 0 Å². The van der Waals surface area contributed by atoms with Crippen molar-refractivity contribution in [2.45, 2.75) is 26.8 Å². The Morgan fingerprint density at radius 1 is 1.04 bits per heavy atom. The number of ether oxygens (including phenoxy) is 3. The Labute approximate surface area is 166 Å². The van der Waals surface area contributed by atoms with E-state index in [9.17, 15) is 9.59 Å². The molecule has 0 bridgehead atoms. The second-order valence-electron chi connectivity index (χ2n) is 6.30. The highest BCUT2D eigenvalue weighted by molar-refractivity contribution is 5.78. The molecule has 2 rings (SSSR count). The van der Waals surface area contributed by atoms with E-state index in [-0.39, 0.29) is 31.4 Å². The smallest absolute Gasteiger partial charge is 0.307 e. The second-order valence-corrected chi connectivity index (χ2v) is 6.30. The Balaban J connectivity index is 2.04. The van der Waals surface area contributed by atoms with Crippen molar-refractivity contribution in [3.63, 3.8) is 0 Å². The highest BCUT2D eigenvalue weighted by atomic mass is 16.5. The summed E-state index contributed by atoms with van der Waals surface area (Å²) in [5.41, 5.74) is 2.02.